The Morgan fingerprint density at radius 2 is 0.710 bits per heavy atom. The lowest BCUT2D eigenvalue weighted by molar-refractivity contribution is 0.569. The van der Waals surface area contributed by atoms with Crippen LogP contribution in [0.3, 0.4) is 0 Å². The normalized spacial score (nSPS) is 13.8. The summed E-state index contributed by atoms with van der Waals surface area (Å²) in [5, 5.41) is 0. The smallest absolute Gasteiger partial charge is 0.0470 e. The van der Waals surface area contributed by atoms with Crippen LogP contribution in [0.5, 0.6) is 0 Å². The summed E-state index contributed by atoms with van der Waals surface area (Å²) >= 11 is 0. The van der Waals surface area contributed by atoms with Crippen molar-refractivity contribution in [1.29, 1.82) is 0 Å². The molecule has 0 spiro atoms. The van der Waals surface area contributed by atoms with E-state index < -0.39 is 0 Å². The number of hydrogen-bond donors (Lipinski definition) is 0. The molecule has 1 aliphatic rings. The average molecular weight is 814 g/mol. The van der Waals surface area contributed by atoms with Gasteiger partial charge in [-0.15, -0.1) is 0 Å². The molecule has 62 heavy (non-hydrogen) atoms. The van der Waals surface area contributed by atoms with E-state index in [1.807, 2.05) is 0 Å². The third-order valence-electron chi connectivity index (χ3n) is 13.3. The van der Waals surface area contributed by atoms with Gasteiger partial charge >= 0.3 is 0 Å². The second kappa shape index (κ2) is 15.3. The molecule has 0 atom stereocenters. The van der Waals surface area contributed by atoms with Crippen LogP contribution in [0.25, 0.3) is 44.5 Å². The van der Waals surface area contributed by atoms with E-state index >= 15 is 0 Å². The molecule has 0 saturated heterocycles. The molecule has 0 heterocycles. The number of nitrogens with zero attached hydrogens (tertiary/aromatic N) is 1. The lowest BCUT2D eigenvalue weighted by Crippen LogP contribution is -2.17. The van der Waals surface area contributed by atoms with Gasteiger partial charge in [0.1, 0.15) is 0 Å². The average Bonchev–Trinajstić information content (AvgIpc) is 3.45. The predicted molar refractivity (Wildman–Crippen MR) is 270 cm³/mol. The van der Waals surface area contributed by atoms with Crippen molar-refractivity contribution in [2.45, 2.75) is 124 Å². The van der Waals surface area contributed by atoms with Crippen LogP contribution in [0.1, 0.15) is 130 Å². The van der Waals surface area contributed by atoms with E-state index in [0.717, 1.165) is 17.1 Å². The number of hydrogen-bond acceptors (Lipinski definition) is 1. The van der Waals surface area contributed by atoms with Crippen LogP contribution in [-0.2, 0) is 27.1 Å². The highest BCUT2D eigenvalue weighted by molar-refractivity contribution is 5.87. The van der Waals surface area contributed by atoms with Crippen molar-refractivity contribution in [3.05, 3.63) is 185 Å². The molecule has 0 radical (unpaired) electrons. The van der Waals surface area contributed by atoms with Gasteiger partial charge in [-0.05, 0) is 136 Å². The Balaban J connectivity index is 1.26. The fraction of sp³-hybridized carbons (Fsp3) is 0.311. The molecule has 1 heteroatoms. The lowest BCUT2D eigenvalue weighted by atomic mass is 9.79. The second-order valence-electron chi connectivity index (χ2n) is 22.5. The quantitative estimate of drug-likeness (QED) is 0.162. The first kappa shape index (κ1) is 43.0. The first-order valence-corrected chi connectivity index (χ1v) is 22.7. The standard InChI is InChI=1S/C61H67N/c1-57(2,3)46-27-23-40(24-28-46)41-25-29-50(30-26-41)62(51-31-32-54-53-17-15-16-18-55(53)61(13,14)56(54)39-51)52-36-45(35-49(38-52)60(10,11)12)43-21-19-42(20-22-43)44-33-47(58(4,5)6)37-48(34-44)59(7,8)9/h15-39H,1-14H3. The number of fused-ring (bicyclic) bond motifs is 3. The van der Waals surface area contributed by atoms with Gasteiger partial charge in [0.2, 0.25) is 0 Å². The first-order valence-electron chi connectivity index (χ1n) is 22.7. The molecule has 7 aromatic carbocycles. The number of benzene rings is 7. The molecule has 0 aliphatic heterocycles. The molecule has 0 bridgehead atoms. The summed E-state index contributed by atoms with van der Waals surface area (Å²) in [6.45, 7) is 32.4. The zero-order chi connectivity index (χ0) is 44.6. The van der Waals surface area contributed by atoms with Gasteiger partial charge in [-0.3, -0.25) is 0 Å². The summed E-state index contributed by atoms with van der Waals surface area (Å²) in [6, 6.07) is 58.0. The summed E-state index contributed by atoms with van der Waals surface area (Å²) in [4.78, 5) is 2.48. The maximum Gasteiger partial charge on any atom is 0.0470 e. The van der Waals surface area contributed by atoms with Crippen molar-refractivity contribution in [1.82, 2.24) is 0 Å². The van der Waals surface area contributed by atoms with Crippen LogP contribution in [0.4, 0.5) is 17.1 Å². The van der Waals surface area contributed by atoms with Gasteiger partial charge in [-0.2, -0.15) is 0 Å². The molecule has 7 aromatic rings. The highest BCUT2D eigenvalue weighted by atomic mass is 15.1. The molecular weight excluding hydrogens is 747 g/mol. The predicted octanol–water partition coefficient (Wildman–Crippen LogP) is 17.7. The summed E-state index contributed by atoms with van der Waals surface area (Å²) in [5.74, 6) is 0. The Morgan fingerprint density at radius 1 is 0.306 bits per heavy atom. The molecule has 1 nitrogen and oxygen atoms in total. The van der Waals surface area contributed by atoms with Gasteiger partial charge in [0.25, 0.3) is 0 Å². The van der Waals surface area contributed by atoms with E-state index in [0.29, 0.717) is 0 Å². The van der Waals surface area contributed by atoms with E-state index in [1.165, 1.54) is 77.9 Å². The maximum absolute atomic E-state index is 2.48. The maximum atomic E-state index is 2.48. The van der Waals surface area contributed by atoms with Gasteiger partial charge in [-0.1, -0.05) is 212 Å². The molecule has 0 saturated carbocycles. The van der Waals surface area contributed by atoms with E-state index in [-0.39, 0.29) is 27.1 Å². The van der Waals surface area contributed by atoms with Crippen molar-refractivity contribution in [2.75, 3.05) is 4.90 Å². The third kappa shape index (κ3) is 8.32. The van der Waals surface area contributed by atoms with Crippen molar-refractivity contribution < 1.29 is 0 Å². The third-order valence-corrected chi connectivity index (χ3v) is 13.3. The van der Waals surface area contributed by atoms with Crippen LogP contribution in [-0.4, -0.2) is 0 Å². The number of anilines is 3. The van der Waals surface area contributed by atoms with Crippen LogP contribution < -0.4 is 4.90 Å². The van der Waals surface area contributed by atoms with Crippen molar-refractivity contribution >= 4 is 17.1 Å². The Labute approximate surface area is 373 Å². The van der Waals surface area contributed by atoms with E-state index in [4.69, 9.17) is 0 Å². The van der Waals surface area contributed by atoms with Crippen molar-refractivity contribution in [3.8, 4) is 44.5 Å². The van der Waals surface area contributed by atoms with Crippen LogP contribution in [0, 0.1) is 0 Å². The SMILES string of the molecule is CC(C)(C)c1ccc(-c2ccc(N(c3cc(-c4ccc(-c5cc(C(C)(C)C)cc(C(C)(C)C)c5)cc4)cc(C(C)(C)C)c3)c3ccc4c(c3)C(C)(C)c3ccccc3-4)cc2)cc1. The fourth-order valence-corrected chi connectivity index (χ4v) is 9.10. The molecule has 0 aromatic heterocycles. The van der Waals surface area contributed by atoms with E-state index in [1.54, 1.807) is 0 Å². The van der Waals surface area contributed by atoms with Gasteiger partial charge in [-0.25, -0.2) is 0 Å². The minimum absolute atomic E-state index is 0.0577. The van der Waals surface area contributed by atoms with Gasteiger partial charge < -0.3 is 4.90 Å². The highest BCUT2D eigenvalue weighted by Gasteiger charge is 2.36. The summed E-state index contributed by atoms with van der Waals surface area (Å²) < 4.78 is 0. The van der Waals surface area contributed by atoms with E-state index in [2.05, 4.69) is 253 Å². The second-order valence-corrected chi connectivity index (χ2v) is 22.5. The molecular formula is C61H67N. The fourth-order valence-electron chi connectivity index (χ4n) is 9.10. The number of rotatable bonds is 6. The van der Waals surface area contributed by atoms with Crippen molar-refractivity contribution in [3.63, 3.8) is 0 Å². The molecule has 1 aliphatic carbocycles. The van der Waals surface area contributed by atoms with Crippen LogP contribution in [0.15, 0.2) is 152 Å². The van der Waals surface area contributed by atoms with Crippen LogP contribution >= 0.6 is 0 Å². The summed E-state index contributed by atoms with van der Waals surface area (Å²) in [5.41, 5.74) is 21.7. The zero-order valence-electron chi connectivity index (χ0n) is 39.9. The molecule has 0 unspecified atom stereocenters. The minimum atomic E-state index is -0.114. The Morgan fingerprint density at radius 3 is 1.23 bits per heavy atom. The molecule has 316 valence electrons. The summed E-state index contributed by atoms with van der Waals surface area (Å²) in [7, 11) is 0. The summed E-state index contributed by atoms with van der Waals surface area (Å²) in [6.07, 6.45) is 0. The topological polar surface area (TPSA) is 3.24 Å². The monoisotopic (exact) mass is 814 g/mol. The first-order chi connectivity index (χ1) is 29.0. The van der Waals surface area contributed by atoms with Crippen LogP contribution in [0.2, 0.25) is 0 Å². The van der Waals surface area contributed by atoms with Gasteiger partial charge in [0.15, 0.2) is 0 Å². The van der Waals surface area contributed by atoms with Crippen molar-refractivity contribution in [2.24, 2.45) is 0 Å². The lowest BCUT2D eigenvalue weighted by Gasteiger charge is -2.30. The Kier molecular flexibility index (Phi) is 10.6. The molecule has 0 fully saturated rings. The highest BCUT2D eigenvalue weighted by Crippen LogP contribution is 2.51. The molecule has 0 amide bonds. The zero-order valence-corrected chi connectivity index (χ0v) is 39.9. The molecule has 8 rings (SSSR count). The largest absolute Gasteiger partial charge is 0.310 e. The molecule has 0 N–H and O–H groups in total. The Hall–Kier alpha value is -5.66. The minimum Gasteiger partial charge on any atom is -0.310 e. The van der Waals surface area contributed by atoms with E-state index in [9.17, 15) is 0 Å². The van der Waals surface area contributed by atoms with Gasteiger partial charge in [0.05, 0.1) is 0 Å². The Bertz CT molecular complexity index is 2720. The van der Waals surface area contributed by atoms with Gasteiger partial charge in [0, 0.05) is 22.5 Å².